The molecule has 2 N–H and O–H groups in total. The number of carboxylic acids is 1. The maximum absolute atomic E-state index is 12.5. The van der Waals surface area contributed by atoms with Gasteiger partial charge in [-0.3, -0.25) is 9.59 Å². The third kappa shape index (κ3) is 3.78. The van der Waals surface area contributed by atoms with Crippen LogP contribution in [0, 0.1) is 13.8 Å². The first kappa shape index (κ1) is 20.4. The van der Waals surface area contributed by atoms with E-state index in [1.165, 1.54) is 48.9 Å². The largest absolute Gasteiger partial charge is 0.480 e. The molecule has 0 radical (unpaired) electrons. The number of nitrogens with zero attached hydrogens (tertiary/aromatic N) is 2. The van der Waals surface area contributed by atoms with Crippen LogP contribution in [0.4, 0.5) is 0 Å². The molecule has 142 valence electrons. The average Bonchev–Trinajstić information content (AvgIpc) is 2.85. The van der Waals surface area contributed by atoms with Crippen molar-refractivity contribution in [2.45, 2.75) is 51.2 Å². The van der Waals surface area contributed by atoms with E-state index in [1.807, 2.05) is 13.8 Å². The number of nitrogens with one attached hydrogen (secondary N) is 1. The zero-order valence-electron chi connectivity index (χ0n) is 15.7. The average molecular weight is 398 g/mol. The van der Waals surface area contributed by atoms with Gasteiger partial charge < -0.3 is 15.0 Å². The molecule has 1 unspecified atom stereocenters. The molecule has 9 heteroatoms. The van der Waals surface area contributed by atoms with Gasteiger partial charge in [0.25, 0.3) is 5.56 Å². The topological polar surface area (TPSA) is 103 Å². The Morgan fingerprint density at radius 1 is 1.38 bits per heavy atom. The minimum Gasteiger partial charge on any atom is -0.480 e. The number of carbonyl (C=O) groups excluding carboxylic acids is 1. The smallest absolute Gasteiger partial charge is 0.329 e. The maximum Gasteiger partial charge on any atom is 0.329 e. The molecule has 0 aliphatic carbocycles. The molecule has 0 aliphatic heterocycles. The summed E-state index contributed by atoms with van der Waals surface area (Å²) in [5.41, 5.74) is -0.516. The zero-order valence-corrected chi connectivity index (χ0v) is 17.3. The van der Waals surface area contributed by atoms with Crippen LogP contribution in [0.5, 0.6) is 0 Å². The molecule has 2 aromatic heterocycles. The number of hydrogen-bond acceptors (Lipinski definition) is 6. The van der Waals surface area contributed by atoms with Crippen molar-refractivity contribution in [3.05, 3.63) is 26.6 Å². The predicted octanol–water partition coefficient (Wildman–Crippen LogP) is 2.54. The Hall–Kier alpha value is -1.87. The molecule has 0 saturated heterocycles. The normalized spacial score (nSPS) is 13.0. The highest BCUT2D eigenvalue weighted by Crippen LogP contribution is 2.27. The number of likely N-dealkylation sites (N-methyl/N-ethyl adjacent to an activating group) is 1. The number of thiophene rings is 1. The van der Waals surface area contributed by atoms with Crippen molar-refractivity contribution in [3.63, 3.8) is 0 Å². The van der Waals surface area contributed by atoms with Crippen LogP contribution in [0.2, 0.25) is 0 Å². The molecular weight excluding hydrogens is 374 g/mol. The van der Waals surface area contributed by atoms with E-state index in [1.54, 1.807) is 6.92 Å². The van der Waals surface area contributed by atoms with E-state index in [0.717, 1.165) is 10.4 Å². The number of fused-ring (bicyclic) bond motifs is 1. The third-order valence-corrected chi connectivity index (χ3v) is 6.84. The first-order chi connectivity index (χ1) is 12.0. The molecule has 0 bridgehead atoms. The van der Waals surface area contributed by atoms with Gasteiger partial charge in [0.1, 0.15) is 16.2 Å². The van der Waals surface area contributed by atoms with Crippen molar-refractivity contribution in [3.8, 4) is 0 Å². The van der Waals surface area contributed by atoms with E-state index in [0.29, 0.717) is 21.8 Å². The molecular formula is C17H23N3O4S2. The quantitative estimate of drug-likeness (QED) is 0.776. The van der Waals surface area contributed by atoms with E-state index in [-0.39, 0.29) is 11.5 Å². The van der Waals surface area contributed by atoms with Gasteiger partial charge in [-0.05, 0) is 40.2 Å². The zero-order chi connectivity index (χ0) is 19.8. The third-order valence-electron chi connectivity index (χ3n) is 4.60. The van der Waals surface area contributed by atoms with Crippen LogP contribution in [-0.2, 0) is 15.3 Å². The van der Waals surface area contributed by atoms with Crippen LogP contribution in [0.15, 0.2) is 4.79 Å². The number of H-pyrrole nitrogens is 1. The summed E-state index contributed by atoms with van der Waals surface area (Å²) in [7, 11) is 1.48. The highest BCUT2D eigenvalue weighted by Gasteiger charge is 2.36. The van der Waals surface area contributed by atoms with Gasteiger partial charge in [-0.2, -0.15) is 0 Å². The first-order valence-electron chi connectivity index (χ1n) is 8.08. The summed E-state index contributed by atoms with van der Waals surface area (Å²) < 4.78 is 0. The highest BCUT2D eigenvalue weighted by molar-refractivity contribution is 7.99. The number of rotatable bonds is 6. The number of amides is 1. The Bertz CT molecular complexity index is 917. The first-order valence-corrected chi connectivity index (χ1v) is 9.95. The number of hydrogen-bond donors (Lipinski definition) is 2. The van der Waals surface area contributed by atoms with Gasteiger partial charge in [0.15, 0.2) is 0 Å². The molecule has 7 nitrogen and oxygen atoms in total. The highest BCUT2D eigenvalue weighted by atomic mass is 32.2. The molecule has 0 aliphatic rings. The van der Waals surface area contributed by atoms with Crippen molar-refractivity contribution >= 4 is 45.2 Å². The molecule has 2 heterocycles. The summed E-state index contributed by atoms with van der Waals surface area (Å²) in [6, 6.07) is 0. The summed E-state index contributed by atoms with van der Waals surface area (Å²) in [6.07, 6.45) is 0. The number of carboxylic acid groups (broad SMARTS) is 1. The summed E-state index contributed by atoms with van der Waals surface area (Å²) in [5.74, 6) is -0.484. The summed E-state index contributed by atoms with van der Waals surface area (Å²) in [4.78, 5) is 46.4. The number of carbonyl (C=O) groups is 2. The second kappa shape index (κ2) is 7.40. The van der Waals surface area contributed by atoms with E-state index >= 15 is 0 Å². The van der Waals surface area contributed by atoms with Gasteiger partial charge in [-0.1, -0.05) is 0 Å². The molecule has 1 amide bonds. The molecule has 1 atom stereocenters. The number of aryl methyl sites for hydroxylation is 2. The van der Waals surface area contributed by atoms with Crippen molar-refractivity contribution in [1.29, 1.82) is 0 Å². The van der Waals surface area contributed by atoms with Crippen LogP contribution in [0.3, 0.4) is 0 Å². The molecule has 26 heavy (non-hydrogen) atoms. The second-order valence-electron chi connectivity index (χ2n) is 6.69. The number of aromatic amines is 1. The van der Waals surface area contributed by atoms with Crippen LogP contribution in [0.25, 0.3) is 10.2 Å². The van der Waals surface area contributed by atoms with Gasteiger partial charge in [0.2, 0.25) is 5.91 Å². The minimum absolute atomic E-state index is 0.171. The Balaban J connectivity index is 2.13. The molecule has 0 fully saturated rings. The summed E-state index contributed by atoms with van der Waals surface area (Å²) in [6.45, 7) is 8.55. The molecule has 2 aromatic rings. The Labute approximate surface area is 159 Å². The minimum atomic E-state index is -1.29. The standard InChI is InChI=1S/C17H23N3O4S2/c1-8-9(2)26-14-12(8)13(21)18-11(19-14)7-25-10(3)15(22)20(6)17(4,5)16(23)24/h10H,7H2,1-6H3,(H,23,24)(H,18,19,21). The van der Waals surface area contributed by atoms with Gasteiger partial charge >= 0.3 is 5.97 Å². The lowest BCUT2D eigenvalue weighted by Crippen LogP contribution is -2.52. The monoisotopic (exact) mass is 397 g/mol. The van der Waals surface area contributed by atoms with Gasteiger partial charge in [-0.25, -0.2) is 9.78 Å². The van der Waals surface area contributed by atoms with Gasteiger partial charge in [0, 0.05) is 11.9 Å². The lowest BCUT2D eigenvalue weighted by atomic mass is 10.0. The van der Waals surface area contributed by atoms with E-state index < -0.39 is 16.8 Å². The van der Waals surface area contributed by atoms with Crippen LogP contribution in [0.1, 0.15) is 37.0 Å². The number of thioether (sulfide) groups is 1. The fourth-order valence-corrected chi connectivity index (χ4v) is 4.23. The fourth-order valence-electron chi connectivity index (χ4n) is 2.33. The molecule has 0 saturated carbocycles. The maximum atomic E-state index is 12.5. The number of aromatic nitrogens is 2. The summed E-state index contributed by atoms with van der Waals surface area (Å²) in [5, 5.41) is 9.41. The Kier molecular flexibility index (Phi) is 5.82. The second-order valence-corrected chi connectivity index (χ2v) is 9.22. The van der Waals surface area contributed by atoms with Crippen molar-refractivity contribution in [2.75, 3.05) is 7.05 Å². The molecule has 0 spiro atoms. The van der Waals surface area contributed by atoms with E-state index in [9.17, 15) is 19.5 Å². The van der Waals surface area contributed by atoms with Crippen molar-refractivity contribution in [1.82, 2.24) is 14.9 Å². The van der Waals surface area contributed by atoms with Crippen LogP contribution >= 0.6 is 23.1 Å². The van der Waals surface area contributed by atoms with Gasteiger partial charge in [0.05, 0.1) is 16.4 Å². The van der Waals surface area contributed by atoms with Crippen molar-refractivity contribution in [2.24, 2.45) is 0 Å². The predicted molar refractivity (Wildman–Crippen MR) is 105 cm³/mol. The van der Waals surface area contributed by atoms with E-state index in [2.05, 4.69) is 9.97 Å². The van der Waals surface area contributed by atoms with Crippen LogP contribution < -0.4 is 5.56 Å². The Morgan fingerprint density at radius 3 is 2.58 bits per heavy atom. The van der Waals surface area contributed by atoms with Gasteiger partial charge in [-0.15, -0.1) is 23.1 Å². The molecule has 0 aromatic carbocycles. The van der Waals surface area contributed by atoms with E-state index in [4.69, 9.17) is 0 Å². The Morgan fingerprint density at radius 2 is 2.00 bits per heavy atom. The lowest BCUT2D eigenvalue weighted by Gasteiger charge is -2.33. The van der Waals surface area contributed by atoms with Crippen LogP contribution in [-0.4, -0.2) is 49.7 Å². The SMILES string of the molecule is Cc1sc2nc(CSC(C)C(=O)N(C)C(C)(C)C(=O)O)[nH]c(=O)c2c1C. The van der Waals surface area contributed by atoms with Crippen molar-refractivity contribution < 1.29 is 14.7 Å². The lowest BCUT2D eigenvalue weighted by molar-refractivity contribution is -0.155. The molecule has 2 rings (SSSR count). The summed E-state index contributed by atoms with van der Waals surface area (Å²) >= 11 is 2.79. The number of aliphatic carboxylic acids is 1. The fraction of sp³-hybridized carbons (Fsp3) is 0.529.